The van der Waals surface area contributed by atoms with E-state index in [1.54, 1.807) is 31.2 Å². The predicted molar refractivity (Wildman–Crippen MR) is 125 cm³/mol. The molecule has 0 aliphatic carbocycles. The van der Waals surface area contributed by atoms with Crippen LogP contribution in [0.3, 0.4) is 0 Å². The van der Waals surface area contributed by atoms with Gasteiger partial charge in [0.05, 0.1) is 11.9 Å². The number of nitrogens with one attached hydrogen (secondary N) is 1. The fourth-order valence-corrected chi connectivity index (χ4v) is 4.18. The molecule has 0 unspecified atom stereocenters. The summed E-state index contributed by atoms with van der Waals surface area (Å²) in [7, 11) is -2.23. The van der Waals surface area contributed by atoms with Crippen LogP contribution in [0.25, 0.3) is 0 Å². The van der Waals surface area contributed by atoms with Crippen molar-refractivity contribution in [1.29, 1.82) is 0 Å². The van der Waals surface area contributed by atoms with Crippen molar-refractivity contribution in [2.24, 2.45) is 0 Å². The van der Waals surface area contributed by atoms with Gasteiger partial charge in [0.2, 0.25) is 21.8 Å². The molecule has 0 aliphatic rings. The molecule has 0 aliphatic heterocycles. The van der Waals surface area contributed by atoms with E-state index in [1.807, 2.05) is 24.3 Å². The van der Waals surface area contributed by atoms with Crippen molar-refractivity contribution < 1.29 is 18.0 Å². The molecule has 0 fully saturated rings. The smallest absolute Gasteiger partial charge is 0.244 e. The maximum Gasteiger partial charge on any atom is 0.244 e. The maximum atomic E-state index is 13.2. The van der Waals surface area contributed by atoms with Gasteiger partial charge in [-0.15, -0.1) is 0 Å². The Labute approximate surface area is 193 Å². The Kier molecular flexibility index (Phi) is 8.45. The summed E-state index contributed by atoms with van der Waals surface area (Å²) in [5.41, 5.74) is 1.18. The van der Waals surface area contributed by atoms with Gasteiger partial charge in [-0.3, -0.25) is 13.9 Å². The molecule has 0 radical (unpaired) electrons. The third-order valence-electron chi connectivity index (χ3n) is 4.47. The fraction of sp³-hybridized carbons (Fsp3) is 0.300. The first-order valence-corrected chi connectivity index (χ1v) is 12.4. The molecule has 2 aromatic carbocycles. The fourth-order valence-electron chi connectivity index (χ4n) is 2.80. The van der Waals surface area contributed by atoms with Gasteiger partial charge in [0, 0.05) is 22.5 Å². The van der Waals surface area contributed by atoms with Crippen molar-refractivity contribution >= 4 is 59.4 Å². The number of nitrogens with zero attached hydrogens (tertiary/aromatic N) is 2. The summed E-state index contributed by atoms with van der Waals surface area (Å²) in [6, 6.07) is 13.2. The molecule has 1 N–H and O–H groups in total. The van der Waals surface area contributed by atoms with Crippen molar-refractivity contribution in [1.82, 2.24) is 10.2 Å². The number of hydrogen-bond acceptors (Lipinski definition) is 4. The molecule has 2 aromatic rings. The first-order valence-electron chi connectivity index (χ1n) is 9.01. The second-order valence-corrected chi connectivity index (χ2v) is 10.4. The number of sulfonamides is 1. The molecule has 0 saturated heterocycles. The van der Waals surface area contributed by atoms with E-state index in [-0.39, 0.29) is 12.5 Å². The monoisotopic (exact) mass is 559 g/mol. The van der Waals surface area contributed by atoms with Crippen LogP contribution < -0.4 is 9.62 Å². The van der Waals surface area contributed by atoms with Gasteiger partial charge in [0.25, 0.3) is 0 Å². The van der Waals surface area contributed by atoms with Crippen LogP contribution in [0.4, 0.5) is 5.69 Å². The minimum Gasteiger partial charge on any atom is -0.357 e. The first kappa shape index (κ1) is 24.4. The van der Waals surface area contributed by atoms with Gasteiger partial charge < -0.3 is 10.2 Å². The molecule has 0 heterocycles. The number of likely N-dealkylation sites (N-methyl/N-ethyl adjacent to an activating group) is 1. The molecule has 162 valence electrons. The van der Waals surface area contributed by atoms with E-state index in [9.17, 15) is 18.0 Å². The highest BCUT2D eigenvalue weighted by molar-refractivity contribution is 9.10. The number of benzene rings is 2. The minimum absolute atomic E-state index is 0.165. The summed E-state index contributed by atoms with van der Waals surface area (Å²) in [6.07, 6.45) is 1.05. The summed E-state index contributed by atoms with van der Waals surface area (Å²) in [4.78, 5) is 26.8. The third kappa shape index (κ3) is 6.55. The lowest BCUT2D eigenvalue weighted by molar-refractivity contribution is -0.139. The Bertz CT molecular complexity index is 996. The van der Waals surface area contributed by atoms with E-state index in [2.05, 4.69) is 37.2 Å². The molecule has 2 rings (SSSR count). The quantitative estimate of drug-likeness (QED) is 0.537. The van der Waals surface area contributed by atoms with E-state index >= 15 is 0 Å². The molecular formula is C20H23Br2N3O4S. The van der Waals surface area contributed by atoms with Crippen molar-refractivity contribution in [2.75, 3.05) is 24.2 Å². The number of hydrogen-bond donors (Lipinski definition) is 1. The summed E-state index contributed by atoms with van der Waals surface area (Å²) >= 11 is 6.68. The summed E-state index contributed by atoms with van der Waals surface area (Å²) in [5.74, 6) is -0.822. The normalized spacial score (nSPS) is 12.2. The van der Waals surface area contributed by atoms with Crippen LogP contribution in [-0.2, 0) is 26.2 Å². The van der Waals surface area contributed by atoms with Crippen LogP contribution in [0.2, 0.25) is 0 Å². The molecule has 1 atom stereocenters. The second-order valence-electron chi connectivity index (χ2n) is 6.68. The first-order chi connectivity index (χ1) is 14.0. The highest BCUT2D eigenvalue weighted by Crippen LogP contribution is 2.22. The molecule has 0 bridgehead atoms. The average Bonchev–Trinajstić information content (AvgIpc) is 2.70. The van der Waals surface area contributed by atoms with Crippen LogP contribution in [-0.4, -0.2) is 51.0 Å². The summed E-state index contributed by atoms with van der Waals surface area (Å²) < 4.78 is 27.5. The van der Waals surface area contributed by atoms with Crippen LogP contribution in [0.5, 0.6) is 0 Å². The van der Waals surface area contributed by atoms with Gasteiger partial charge in [-0.2, -0.15) is 0 Å². The van der Waals surface area contributed by atoms with E-state index in [0.29, 0.717) is 5.69 Å². The number of amides is 2. The van der Waals surface area contributed by atoms with Gasteiger partial charge in [0.15, 0.2) is 0 Å². The van der Waals surface area contributed by atoms with Crippen LogP contribution in [0, 0.1) is 0 Å². The van der Waals surface area contributed by atoms with Crippen molar-refractivity contribution in [3.8, 4) is 0 Å². The summed E-state index contributed by atoms with van der Waals surface area (Å²) in [6.45, 7) is 1.36. The van der Waals surface area contributed by atoms with Crippen LogP contribution in [0.1, 0.15) is 12.5 Å². The maximum absolute atomic E-state index is 13.2. The van der Waals surface area contributed by atoms with Gasteiger partial charge in [-0.05, 0) is 48.9 Å². The number of carbonyl (C=O) groups excluding carboxylic acids is 2. The number of halogens is 2. The molecule has 0 saturated carbocycles. The number of anilines is 1. The van der Waals surface area contributed by atoms with Crippen molar-refractivity contribution in [3.05, 3.63) is 63.0 Å². The Morgan fingerprint density at radius 3 is 1.97 bits per heavy atom. The van der Waals surface area contributed by atoms with Gasteiger partial charge in [-0.25, -0.2) is 8.42 Å². The molecule has 10 heteroatoms. The third-order valence-corrected chi connectivity index (χ3v) is 6.67. The average molecular weight is 561 g/mol. The zero-order chi connectivity index (χ0) is 22.5. The van der Waals surface area contributed by atoms with Gasteiger partial charge in [0.1, 0.15) is 12.6 Å². The largest absolute Gasteiger partial charge is 0.357 e. The van der Waals surface area contributed by atoms with Gasteiger partial charge >= 0.3 is 0 Å². The zero-order valence-electron chi connectivity index (χ0n) is 16.8. The minimum atomic E-state index is -3.73. The van der Waals surface area contributed by atoms with E-state index in [1.165, 1.54) is 11.9 Å². The van der Waals surface area contributed by atoms with Gasteiger partial charge in [-0.1, -0.05) is 44.0 Å². The molecule has 2 amide bonds. The van der Waals surface area contributed by atoms with Crippen LogP contribution >= 0.6 is 31.9 Å². The molecular weight excluding hydrogens is 538 g/mol. The lowest BCUT2D eigenvalue weighted by atomic mass is 10.1. The Morgan fingerprint density at radius 2 is 1.50 bits per heavy atom. The molecule has 7 nitrogen and oxygen atoms in total. The van der Waals surface area contributed by atoms with Crippen molar-refractivity contribution in [2.45, 2.75) is 19.5 Å². The lowest BCUT2D eigenvalue weighted by Gasteiger charge is -2.31. The number of rotatable bonds is 8. The molecule has 30 heavy (non-hydrogen) atoms. The molecule has 0 spiro atoms. The number of carbonyl (C=O) groups is 2. The predicted octanol–water partition coefficient (Wildman–Crippen LogP) is 3.14. The van der Waals surface area contributed by atoms with Crippen molar-refractivity contribution in [3.63, 3.8) is 0 Å². The Morgan fingerprint density at radius 1 is 1.00 bits per heavy atom. The topological polar surface area (TPSA) is 86.8 Å². The SMILES string of the molecule is CNC(=O)[C@@H](C)N(Cc1ccc(Br)cc1)C(=O)CN(c1ccc(Br)cc1)S(C)(=O)=O. The second kappa shape index (κ2) is 10.4. The summed E-state index contributed by atoms with van der Waals surface area (Å²) in [5, 5.41) is 2.54. The standard InChI is InChI=1S/C20H23Br2N3O4S/c1-14(20(27)23-2)24(12-15-4-6-16(21)7-5-15)19(26)13-25(30(3,28)29)18-10-8-17(22)9-11-18/h4-11,14H,12-13H2,1-3H3,(H,23,27)/t14-/m1/s1. The van der Waals surface area contributed by atoms with E-state index in [4.69, 9.17) is 0 Å². The lowest BCUT2D eigenvalue weighted by Crippen LogP contribution is -2.50. The van der Waals surface area contributed by atoms with E-state index < -0.39 is 28.5 Å². The highest BCUT2D eigenvalue weighted by Gasteiger charge is 2.29. The molecule has 0 aromatic heterocycles. The van der Waals surface area contributed by atoms with Crippen LogP contribution in [0.15, 0.2) is 57.5 Å². The Hall–Kier alpha value is -1.91. The Balaban J connectivity index is 2.35. The van der Waals surface area contributed by atoms with E-state index in [0.717, 1.165) is 25.1 Å². The zero-order valence-corrected chi connectivity index (χ0v) is 20.8. The highest BCUT2D eigenvalue weighted by atomic mass is 79.9.